The van der Waals surface area contributed by atoms with E-state index in [0.717, 1.165) is 25.7 Å². The van der Waals surface area contributed by atoms with Crippen molar-refractivity contribution in [2.24, 2.45) is 0 Å². The molecule has 0 bridgehead atoms. The molecule has 34 heavy (non-hydrogen) atoms. The van der Waals surface area contributed by atoms with E-state index in [-0.39, 0.29) is 13.0 Å². The molecule has 7 N–H and O–H groups in total. The molecule has 2 aliphatic rings. The summed E-state index contributed by atoms with van der Waals surface area (Å²) in [5, 5.41) is 70.4. The molecule has 200 valence electrons. The van der Waals surface area contributed by atoms with Crippen LogP contribution < -0.4 is 0 Å². The molecule has 2 fully saturated rings. The number of aliphatic hydroxyl groups excluding tert-OH is 7. The van der Waals surface area contributed by atoms with Crippen LogP contribution >= 0.6 is 0 Å². The SMILES string of the molecule is CCCCCCCCCCCC(=O)OC1C(O)C(O)C(O)C(O)C1OC1OCC(O)C(O)C1O. The highest BCUT2D eigenvalue weighted by atomic mass is 16.7. The van der Waals surface area contributed by atoms with Crippen molar-refractivity contribution < 1.29 is 54.8 Å². The summed E-state index contributed by atoms with van der Waals surface area (Å²) in [6.07, 6.45) is -6.85. The average molecular weight is 495 g/mol. The fourth-order valence-electron chi connectivity index (χ4n) is 4.32. The zero-order chi connectivity index (χ0) is 25.3. The largest absolute Gasteiger partial charge is 0.457 e. The summed E-state index contributed by atoms with van der Waals surface area (Å²) in [7, 11) is 0. The Hall–Kier alpha value is -0.890. The maximum Gasteiger partial charge on any atom is 0.306 e. The Labute approximate surface area is 200 Å². The lowest BCUT2D eigenvalue weighted by Crippen LogP contribution is -2.67. The van der Waals surface area contributed by atoms with Gasteiger partial charge >= 0.3 is 5.97 Å². The molecule has 1 aliphatic carbocycles. The molecule has 2 rings (SSSR count). The highest BCUT2D eigenvalue weighted by Crippen LogP contribution is 2.30. The molecule has 1 saturated heterocycles. The minimum Gasteiger partial charge on any atom is -0.457 e. The van der Waals surface area contributed by atoms with E-state index < -0.39 is 67.2 Å². The molecule has 0 amide bonds. The number of esters is 1. The van der Waals surface area contributed by atoms with Crippen LogP contribution in [-0.2, 0) is 19.0 Å². The molecule has 0 spiro atoms. The van der Waals surface area contributed by atoms with Crippen molar-refractivity contribution >= 4 is 5.97 Å². The van der Waals surface area contributed by atoms with Gasteiger partial charge in [-0.1, -0.05) is 58.3 Å². The van der Waals surface area contributed by atoms with Gasteiger partial charge in [-0.25, -0.2) is 0 Å². The Balaban J connectivity index is 1.87. The van der Waals surface area contributed by atoms with E-state index in [1.54, 1.807) is 0 Å². The van der Waals surface area contributed by atoms with E-state index in [1.807, 2.05) is 0 Å². The Bertz CT molecular complexity index is 591. The smallest absolute Gasteiger partial charge is 0.306 e. The third-order valence-corrected chi connectivity index (χ3v) is 6.54. The lowest BCUT2D eigenvalue weighted by Gasteiger charge is -2.45. The normalized spacial score (nSPS) is 38.6. The van der Waals surface area contributed by atoms with Crippen LogP contribution in [0.2, 0.25) is 0 Å². The van der Waals surface area contributed by atoms with Gasteiger partial charge in [-0.05, 0) is 6.42 Å². The summed E-state index contributed by atoms with van der Waals surface area (Å²) in [5.41, 5.74) is 0. The summed E-state index contributed by atoms with van der Waals surface area (Å²) in [6.45, 7) is 1.80. The number of unbranched alkanes of at least 4 members (excludes halogenated alkanes) is 8. The fraction of sp³-hybridized carbons (Fsp3) is 0.957. The molecule has 10 unspecified atom stereocenters. The van der Waals surface area contributed by atoms with Crippen molar-refractivity contribution in [1.82, 2.24) is 0 Å². The molecule has 11 nitrogen and oxygen atoms in total. The monoisotopic (exact) mass is 494 g/mol. The number of hydrogen-bond donors (Lipinski definition) is 7. The summed E-state index contributed by atoms with van der Waals surface area (Å²) >= 11 is 0. The van der Waals surface area contributed by atoms with E-state index in [2.05, 4.69) is 6.92 Å². The predicted octanol–water partition coefficient (Wildman–Crippen LogP) is -0.899. The molecule has 0 aromatic rings. The third kappa shape index (κ3) is 8.07. The minimum atomic E-state index is -1.82. The van der Waals surface area contributed by atoms with Gasteiger partial charge in [0.2, 0.25) is 0 Å². The second-order valence-electron chi connectivity index (χ2n) is 9.35. The summed E-state index contributed by atoms with van der Waals surface area (Å²) in [4.78, 5) is 12.4. The van der Waals surface area contributed by atoms with Crippen molar-refractivity contribution in [1.29, 1.82) is 0 Å². The number of carbonyl (C=O) groups excluding carboxylic acids is 1. The van der Waals surface area contributed by atoms with Crippen LogP contribution in [0.3, 0.4) is 0 Å². The highest BCUT2D eigenvalue weighted by Gasteiger charge is 2.53. The fourth-order valence-corrected chi connectivity index (χ4v) is 4.32. The first-order valence-corrected chi connectivity index (χ1v) is 12.4. The van der Waals surface area contributed by atoms with E-state index in [1.165, 1.54) is 25.7 Å². The molecule has 1 aliphatic heterocycles. The molecule has 0 aromatic heterocycles. The van der Waals surface area contributed by atoms with E-state index in [0.29, 0.717) is 6.42 Å². The maximum absolute atomic E-state index is 12.4. The second kappa shape index (κ2) is 14.6. The third-order valence-electron chi connectivity index (χ3n) is 6.54. The molecular formula is C23H42O11. The van der Waals surface area contributed by atoms with Crippen LogP contribution in [-0.4, -0.2) is 110 Å². The first kappa shape index (κ1) is 29.3. The Kier molecular flexibility index (Phi) is 12.6. The van der Waals surface area contributed by atoms with Crippen molar-refractivity contribution in [3.63, 3.8) is 0 Å². The zero-order valence-electron chi connectivity index (χ0n) is 19.8. The Morgan fingerprint density at radius 2 is 1.24 bits per heavy atom. The van der Waals surface area contributed by atoms with Gasteiger partial charge in [0.05, 0.1) is 6.61 Å². The van der Waals surface area contributed by atoms with Crippen LogP contribution in [0.15, 0.2) is 0 Å². The molecule has 1 saturated carbocycles. The lowest BCUT2D eigenvalue weighted by atomic mass is 9.84. The highest BCUT2D eigenvalue weighted by molar-refractivity contribution is 5.69. The first-order chi connectivity index (χ1) is 16.2. The zero-order valence-corrected chi connectivity index (χ0v) is 19.8. The second-order valence-corrected chi connectivity index (χ2v) is 9.35. The van der Waals surface area contributed by atoms with Gasteiger partial charge in [0.15, 0.2) is 12.4 Å². The molecule has 0 radical (unpaired) electrons. The van der Waals surface area contributed by atoms with Gasteiger partial charge in [0.1, 0.15) is 48.8 Å². The van der Waals surface area contributed by atoms with Crippen molar-refractivity contribution in [2.75, 3.05) is 6.61 Å². The molecule has 1 heterocycles. The van der Waals surface area contributed by atoms with Gasteiger partial charge in [0.25, 0.3) is 0 Å². The van der Waals surface area contributed by atoms with Gasteiger partial charge in [0, 0.05) is 6.42 Å². The maximum atomic E-state index is 12.4. The van der Waals surface area contributed by atoms with Crippen LogP contribution in [0.25, 0.3) is 0 Å². The average Bonchev–Trinajstić information content (AvgIpc) is 2.82. The number of hydrogen-bond acceptors (Lipinski definition) is 11. The van der Waals surface area contributed by atoms with Crippen molar-refractivity contribution in [3.8, 4) is 0 Å². The summed E-state index contributed by atoms with van der Waals surface area (Å²) < 4.78 is 15.9. The molecule has 0 aromatic carbocycles. The van der Waals surface area contributed by atoms with Gasteiger partial charge in [-0.15, -0.1) is 0 Å². The van der Waals surface area contributed by atoms with Crippen LogP contribution in [0.1, 0.15) is 71.1 Å². The van der Waals surface area contributed by atoms with E-state index >= 15 is 0 Å². The molecular weight excluding hydrogens is 452 g/mol. The first-order valence-electron chi connectivity index (χ1n) is 12.4. The standard InChI is InChI=1S/C23H42O11/c1-2-3-4-5-6-7-8-9-10-11-14(25)33-21-18(29)16(27)17(28)19(30)22(21)34-23-20(31)15(26)13(24)12-32-23/h13,15-24,26-31H,2-12H2,1H3. The predicted molar refractivity (Wildman–Crippen MR) is 118 cm³/mol. The van der Waals surface area contributed by atoms with Crippen LogP contribution in [0.4, 0.5) is 0 Å². The quantitative estimate of drug-likeness (QED) is 0.124. The van der Waals surface area contributed by atoms with Gasteiger partial charge < -0.3 is 50.0 Å². The number of aliphatic hydroxyl groups is 7. The number of carbonyl (C=O) groups is 1. The number of ether oxygens (including phenoxy) is 3. The van der Waals surface area contributed by atoms with E-state index in [9.17, 15) is 40.5 Å². The summed E-state index contributed by atoms with van der Waals surface area (Å²) in [5.74, 6) is -0.669. The summed E-state index contributed by atoms with van der Waals surface area (Å²) in [6, 6.07) is 0. The molecule has 10 atom stereocenters. The van der Waals surface area contributed by atoms with Crippen molar-refractivity contribution in [2.45, 2.75) is 132 Å². The number of rotatable bonds is 13. The Morgan fingerprint density at radius 1 is 0.706 bits per heavy atom. The Morgan fingerprint density at radius 3 is 1.82 bits per heavy atom. The van der Waals surface area contributed by atoms with Crippen LogP contribution in [0.5, 0.6) is 0 Å². The minimum absolute atomic E-state index is 0.0635. The van der Waals surface area contributed by atoms with Crippen LogP contribution in [0, 0.1) is 0 Å². The topological polar surface area (TPSA) is 186 Å². The van der Waals surface area contributed by atoms with E-state index in [4.69, 9.17) is 14.2 Å². The van der Waals surface area contributed by atoms with Crippen molar-refractivity contribution in [3.05, 3.63) is 0 Å². The lowest BCUT2D eigenvalue weighted by molar-refractivity contribution is -0.322. The van der Waals surface area contributed by atoms with Gasteiger partial charge in [-0.3, -0.25) is 4.79 Å². The molecule has 11 heteroatoms. The van der Waals surface area contributed by atoms with Gasteiger partial charge in [-0.2, -0.15) is 0 Å².